The van der Waals surface area contributed by atoms with E-state index in [1.807, 2.05) is 31.2 Å². The third-order valence-electron chi connectivity index (χ3n) is 3.58. The van der Waals surface area contributed by atoms with Crippen LogP contribution in [0.4, 0.5) is 0 Å². The van der Waals surface area contributed by atoms with Crippen LogP contribution in [0.3, 0.4) is 0 Å². The molecule has 5 heteroatoms. The van der Waals surface area contributed by atoms with Crippen LogP contribution in [0.2, 0.25) is 0 Å². The average Bonchev–Trinajstić information content (AvgIpc) is 3.16. The molecule has 1 atom stereocenters. The zero-order valence-corrected chi connectivity index (χ0v) is 12.0. The van der Waals surface area contributed by atoms with Crippen LogP contribution < -0.4 is 5.32 Å². The lowest BCUT2D eigenvalue weighted by Crippen LogP contribution is -2.32. The van der Waals surface area contributed by atoms with Gasteiger partial charge in [-0.15, -0.1) is 0 Å². The Kier molecular flexibility index (Phi) is 4.01. The summed E-state index contributed by atoms with van der Waals surface area (Å²) in [5.41, 5.74) is 2.28. The Hall–Kier alpha value is -2.14. The zero-order valence-electron chi connectivity index (χ0n) is 12.0. The molecule has 21 heavy (non-hydrogen) atoms. The quantitative estimate of drug-likeness (QED) is 0.938. The largest absolute Gasteiger partial charge is 0.443 e. The first-order valence-electron chi connectivity index (χ1n) is 7.14. The fraction of sp³-hybridized carbons (Fsp3) is 0.375. The predicted octanol–water partition coefficient (Wildman–Crippen LogP) is 2.56. The van der Waals surface area contributed by atoms with E-state index in [1.165, 1.54) is 6.39 Å². The molecule has 2 heterocycles. The summed E-state index contributed by atoms with van der Waals surface area (Å²) in [6, 6.07) is 7.81. The van der Waals surface area contributed by atoms with Crippen LogP contribution in [-0.4, -0.2) is 30.1 Å². The summed E-state index contributed by atoms with van der Waals surface area (Å²) in [4.78, 5) is 16.3. The molecule has 1 aliphatic rings. The summed E-state index contributed by atoms with van der Waals surface area (Å²) in [5.74, 6) is 0.277. The topological polar surface area (TPSA) is 64.4 Å². The maximum Gasteiger partial charge on any atom is 0.274 e. The number of benzene rings is 1. The number of oxazole rings is 1. The molecule has 1 N–H and O–H groups in total. The fourth-order valence-corrected chi connectivity index (χ4v) is 2.49. The molecule has 1 aliphatic heterocycles. The first-order valence-corrected chi connectivity index (χ1v) is 7.14. The molecule has 3 rings (SSSR count). The molecule has 1 aromatic heterocycles. The van der Waals surface area contributed by atoms with Gasteiger partial charge in [-0.25, -0.2) is 4.98 Å². The Balaban J connectivity index is 1.73. The van der Waals surface area contributed by atoms with E-state index >= 15 is 0 Å². The zero-order chi connectivity index (χ0) is 14.7. The van der Waals surface area contributed by atoms with Crippen LogP contribution in [0.25, 0.3) is 11.3 Å². The summed E-state index contributed by atoms with van der Waals surface area (Å²) in [6.07, 6.45) is 3.46. The van der Waals surface area contributed by atoms with E-state index in [2.05, 4.69) is 10.3 Å². The molecular weight excluding hydrogens is 268 g/mol. The summed E-state index contributed by atoms with van der Waals surface area (Å²) in [6.45, 7) is 3.29. The standard InChI is InChI=1S/C16H18N2O3/c1-11-4-2-5-12(8-11)15-14(18-10-21-15)16(19)17-9-13-6-3-7-20-13/h2,4-5,8,10,13H,3,6-7,9H2,1H3,(H,17,19). The number of nitrogens with one attached hydrogen (secondary N) is 1. The number of hydrogen-bond donors (Lipinski definition) is 1. The molecule has 0 bridgehead atoms. The summed E-state index contributed by atoms with van der Waals surface area (Å²) >= 11 is 0. The molecule has 1 fully saturated rings. The van der Waals surface area contributed by atoms with Gasteiger partial charge in [-0.05, 0) is 25.8 Å². The molecule has 1 aromatic carbocycles. The van der Waals surface area contributed by atoms with Gasteiger partial charge in [-0.2, -0.15) is 0 Å². The van der Waals surface area contributed by atoms with Gasteiger partial charge in [0, 0.05) is 18.7 Å². The van der Waals surface area contributed by atoms with Gasteiger partial charge >= 0.3 is 0 Å². The van der Waals surface area contributed by atoms with Gasteiger partial charge in [0.05, 0.1) is 6.10 Å². The molecule has 1 saturated heterocycles. The molecule has 5 nitrogen and oxygen atoms in total. The lowest BCUT2D eigenvalue weighted by Gasteiger charge is -2.10. The van der Waals surface area contributed by atoms with E-state index in [1.54, 1.807) is 0 Å². The number of carbonyl (C=O) groups is 1. The van der Waals surface area contributed by atoms with Crippen LogP contribution in [-0.2, 0) is 4.74 Å². The Bertz CT molecular complexity index is 630. The lowest BCUT2D eigenvalue weighted by atomic mass is 10.1. The van der Waals surface area contributed by atoms with Crippen LogP contribution in [0, 0.1) is 6.92 Å². The van der Waals surface area contributed by atoms with Crippen LogP contribution in [0.5, 0.6) is 0 Å². The number of hydrogen-bond acceptors (Lipinski definition) is 4. The molecule has 110 valence electrons. The van der Waals surface area contributed by atoms with E-state index in [-0.39, 0.29) is 12.0 Å². The minimum atomic E-state index is -0.226. The van der Waals surface area contributed by atoms with E-state index in [0.29, 0.717) is 18.0 Å². The van der Waals surface area contributed by atoms with Crippen molar-refractivity contribution in [2.45, 2.75) is 25.9 Å². The van der Waals surface area contributed by atoms with Gasteiger partial charge in [-0.1, -0.05) is 23.8 Å². The molecule has 0 aliphatic carbocycles. The average molecular weight is 286 g/mol. The van der Waals surface area contributed by atoms with Crippen molar-refractivity contribution in [3.63, 3.8) is 0 Å². The Morgan fingerprint density at radius 3 is 3.14 bits per heavy atom. The first-order chi connectivity index (χ1) is 10.2. The summed E-state index contributed by atoms with van der Waals surface area (Å²) in [5, 5.41) is 2.87. The highest BCUT2D eigenvalue weighted by Gasteiger charge is 2.21. The Morgan fingerprint density at radius 1 is 1.48 bits per heavy atom. The molecule has 0 radical (unpaired) electrons. The third-order valence-corrected chi connectivity index (χ3v) is 3.58. The summed E-state index contributed by atoms with van der Waals surface area (Å²) < 4.78 is 10.9. The molecule has 2 aromatic rings. The van der Waals surface area contributed by atoms with Crippen molar-refractivity contribution in [3.05, 3.63) is 41.9 Å². The van der Waals surface area contributed by atoms with Gasteiger partial charge in [0.2, 0.25) is 0 Å². The minimum absolute atomic E-state index is 0.114. The molecule has 1 unspecified atom stereocenters. The fourth-order valence-electron chi connectivity index (χ4n) is 2.49. The van der Waals surface area contributed by atoms with Crippen molar-refractivity contribution in [3.8, 4) is 11.3 Å². The molecule has 0 spiro atoms. The third kappa shape index (κ3) is 3.13. The van der Waals surface area contributed by atoms with Crippen molar-refractivity contribution in [1.29, 1.82) is 0 Å². The maximum atomic E-state index is 12.3. The van der Waals surface area contributed by atoms with Crippen molar-refractivity contribution in [1.82, 2.24) is 10.3 Å². The predicted molar refractivity (Wildman–Crippen MR) is 78.0 cm³/mol. The van der Waals surface area contributed by atoms with Crippen LogP contribution in [0.15, 0.2) is 35.1 Å². The number of amides is 1. The highest BCUT2D eigenvalue weighted by molar-refractivity contribution is 5.97. The van der Waals surface area contributed by atoms with Gasteiger partial charge in [0.15, 0.2) is 17.8 Å². The van der Waals surface area contributed by atoms with Crippen molar-refractivity contribution >= 4 is 5.91 Å². The van der Waals surface area contributed by atoms with E-state index in [0.717, 1.165) is 30.6 Å². The number of carbonyl (C=O) groups excluding carboxylic acids is 1. The van der Waals surface area contributed by atoms with Gasteiger partial charge in [0.25, 0.3) is 5.91 Å². The monoisotopic (exact) mass is 286 g/mol. The lowest BCUT2D eigenvalue weighted by molar-refractivity contribution is 0.0854. The normalized spacial score (nSPS) is 17.9. The Labute approximate surface area is 123 Å². The van der Waals surface area contributed by atoms with Gasteiger partial charge in [0.1, 0.15) is 0 Å². The van der Waals surface area contributed by atoms with Gasteiger partial charge < -0.3 is 14.5 Å². The van der Waals surface area contributed by atoms with Crippen molar-refractivity contribution < 1.29 is 13.9 Å². The number of aryl methyl sites for hydroxylation is 1. The molecule has 0 saturated carbocycles. The maximum absolute atomic E-state index is 12.3. The van der Waals surface area contributed by atoms with E-state index in [9.17, 15) is 4.79 Å². The highest BCUT2D eigenvalue weighted by Crippen LogP contribution is 2.24. The second-order valence-corrected chi connectivity index (χ2v) is 5.24. The smallest absolute Gasteiger partial charge is 0.274 e. The van der Waals surface area contributed by atoms with E-state index < -0.39 is 0 Å². The Morgan fingerprint density at radius 2 is 2.38 bits per heavy atom. The van der Waals surface area contributed by atoms with Crippen molar-refractivity contribution in [2.24, 2.45) is 0 Å². The number of nitrogens with zero attached hydrogens (tertiary/aromatic N) is 1. The van der Waals surface area contributed by atoms with E-state index in [4.69, 9.17) is 9.15 Å². The van der Waals surface area contributed by atoms with Crippen molar-refractivity contribution in [2.75, 3.05) is 13.2 Å². The minimum Gasteiger partial charge on any atom is -0.443 e. The molecular formula is C16H18N2O3. The summed E-state index contributed by atoms with van der Waals surface area (Å²) in [7, 11) is 0. The molecule has 1 amide bonds. The second kappa shape index (κ2) is 6.10. The number of rotatable bonds is 4. The number of aromatic nitrogens is 1. The van der Waals surface area contributed by atoms with Crippen LogP contribution >= 0.6 is 0 Å². The highest BCUT2D eigenvalue weighted by atomic mass is 16.5. The van der Waals surface area contributed by atoms with Gasteiger partial charge in [-0.3, -0.25) is 4.79 Å². The first kappa shape index (κ1) is 13.8. The second-order valence-electron chi connectivity index (χ2n) is 5.24. The SMILES string of the molecule is Cc1cccc(-c2ocnc2C(=O)NCC2CCCO2)c1. The number of ether oxygens (including phenoxy) is 1. The van der Waals surface area contributed by atoms with Crippen LogP contribution in [0.1, 0.15) is 28.9 Å².